The van der Waals surface area contributed by atoms with Gasteiger partial charge in [0.25, 0.3) is 0 Å². The number of nitrogens with zero attached hydrogens (tertiary/aromatic N) is 4. The summed E-state index contributed by atoms with van der Waals surface area (Å²) in [6.45, 7) is 1.82. The van der Waals surface area contributed by atoms with Crippen molar-refractivity contribution in [2.45, 2.75) is 17.3 Å². The number of hydrogen-bond acceptors (Lipinski definition) is 5. The molecule has 3 aromatic rings. The Balaban J connectivity index is 1.69. The lowest BCUT2D eigenvalue weighted by Gasteiger charge is -2.11. The number of nitrogens with one attached hydrogen (secondary N) is 1. The first-order valence-electron chi connectivity index (χ1n) is 7.20. The summed E-state index contributed by atoms with van der Waals surface area (Å²) in [7, 11) is 0. The molecule has 0 spiro atoms. The molecule has 8 heteroatoms. The number of carbonyl (C=O) groups excluding carboxylic acids is 1. The molecular formula is C16H14BrN5OS. The Morgan fingerprint density at radius 2 is 1.88 bits per heavy atom. The third-order valence-electron chi connectivity index (χ3n) is 3.20. The number of aromatic nitrogens is 4. The zero-order chi connectivity index (χ0) is 16.9. The van der Waals surface area contributed by atoms with Crippen LogP contribution in [0.25, 0.3) is 5.69 Å². The van der Waals surface area contributed by atoms with Crippen molar-refractivity contribution >= 4 is 39.3 Å². The van der Waals surface area contributed by atoms with E-state index in [1.165, 1.54) is 11.8 Å². The van der Waals surface area contributed by atoms with Crippen LogP contribution in [0.4, 0.5) is 5.69 Å². The molecule has 24 heavy (non-hydrogen) atoms. The SMILES string of the molecule is C[C@H](Sc1nnnn1-c1ccccc1)C(=O)Nc1ccc(Br)cc1. The van der Waals surface area contributed by atoms with Gasteiger partial charge >= 0.3 is 0 Å². The van der Waals surface area contributed by atoms with E-state index >= 15 is 0 Å². The Morgan fingerprint density at radius 3 is 2.58 bits per heavy atom. The van der Waals surface area contributed by atoms with E-state index in [0.29, 0.717) is 5.16 Å². The number of thioether (sulfide) groups is 1. The Labute approximate surface area is 151 Å². The number of halogens is 1. The van der Waals surface area contributed by atoms with E-state index in [4.69, 9.17) is 0 Å². The highest BCUT2D eigenvalue weighted by atomic mass is 79.9. The number of amides is 1. The predicted octanol–water partition coefficient (Wildman–Crippen LogP) is 3.54. The molecule has 1 heterocycles. The summed E-state index contributed by atoms with van der Waals surface area (Å²) in [6, 6.07) is 17.0. The molecule has 1 aromatic heterocycles. The average molecular weight is 404 g/mol. The van der Waals surface area contributed by atoms with Gasteiger partial charge in [0.1, 0.15) is 0 Å². The molecule has 0 saturated carbocycles. The van der Waals surface area contributed by atoms with Crippen molar-refractivity contribution in [1.82, 2.24) is 20.2 Å². The summed E-state index contributed by atoms with van der Waals surface area (Å²) in [5.74, 6) is -0.107. The molecule has 6 nitrogen and oxygen atoms in total. The fourth-order valence-electron chi connectivity index (χ4n) is 1.97. The molecule has 1 amide bonds. The van der Waals surface area contributed by atoms with Gasteiger partial charge < -0.3 is 5.32 Å². The molecule has 122 valence electrons. The molecule has 0 saturated heterocycles. The van der Waals surface area contributed by atoms with E-state index in [9.17, 15) is 4.79 Å². The maximum Gasteiger partial charge on any atom is 0.237 e. The highest BCUT2D eigenvalue weighted by molar-refractivity contribution is 9.10. The van der Waals surface area contributed by atoms with Gasteiger partial charge in [0, 0.05) is 10.2 Å². The number of anilines is 1. The van der Waals surface area contributed by atoms with Gasteiger partial charge in [-0.1, -0.05) is 45.9 Å². The molecule has 0 aliphatic carbocycles. The van der Waals surface area contributed by atoms with Crippen molar-refractivity contribution in [3.8, 4) is 5.69 Å². The molecule has 3 rings (SSSR count). The second-order valence-corrected chi connectivity index (χ2v) is 7.19. The lowest BCUT2D eigenvalue weighted by atomic mass is 10.3. The van der Waals surface area contributed by atoms with Gasteiger partial charge in [0.15, 0.2) is 0 Å². The minimum atomic E-state index is -0.345. The summed E-state index contributed by atoms with van der Waals surface area (Å²) in [5.41, 5.74) is 1.60. The summed E-state index contributed by atoms with van der Waals surface area (Å²) in [5, 5.41) is 14.8. The standard InChI is InChI=1S/C16H14BrN5OS/c1-11(15(23)18-13-9-7-12(17)8-10-13)24-16-19-20-21-22(16)14-5-3-2-4-6-14/h2-11H,1H3,(H,18,23)/t11-/m0/s1. The van der Waals surface area contributed by atoms with Crippen molar-refractivity contribution < 1.29 is 4.79 Å². The van der Waals surface area contributed by atoms with E-state index in [0.717, 1.165) is 15.8 Å². The Morgan fingerprint density at radius 1 is 1.17 bits per heavy atom. The number of hydrogen-bond donors (Lipinski definition) is 1. The summed E-state index contributed by atoms with van der Waals surface area (Å²) in [4.78, 5) is 12.3. The van der Waals surface area contributed by atoms with Crippen LogP contribution in [0.5, 0.6) is 0 Å². The van der Waals surface area contributed by atoms with Gasteiger partial charge in [-0.05, 0) is 53.7 Å². The van der Waals surface area contributed by atoms with Gasteiger partial charge in [-0.15, -0.1) is 5.10 Å². The number of para-hydroxylation sites is 1. The van der Waals surface area contributed by atoms with Crippen molar-refractivity contribution in [3.05, 3.63) is 59.1 Å². The zero-order valence-corrected chi connectivity index (χ0v) is 15.2. The molecule has 1 atom stereocenters. The molecule has 1 N–H and O–H groups in total. The van der Waals surface area contributed by atoms with Crippen LogP contribution in [-0.2, 0) is 4.79 Å². The smallest absolute Gasteiger partial charge is 0.237 e. The van der Waals surface area contributed by atoms with E-state index < -0.39 is 0 Å². The average Bonchev–Trinajstić information content (AvgIpc) is 3.05. The van der Waals surface area contributed by atoms with Crippen LogP contribution in [-0.4, -0.2) is 31.4 Å². The predicted molar refractivity (Wildman–Crippen MR) is 97.2 cm³/mol. The lowest BCUT2D eigenvalue weighted by molar-refractivity contribution is -0.115. The fraction of sp³-hybridized carbons (Fsp3) is 0.125. The molecular weight excluding hydrogens is 390 g/mol. The molecule has 0 radical (unpaired) electrons. The number of benzene rings is 2. The molecule has 0 bridgehead atoms. The summed E-state index contributed by atoms with van der Waals surface area (Å²) >= 11 is 4.68. The van der Waals surface area contributed by atoms with Crippen LogP contribution in [0.15, 0.2) is 64.2 Å². The van der Waals surface area contributed by atoms with Crippen molar-refractivity contribution in [2.75, 3.05) is 5.32 Å². The number of rotatable bonds is 5. The summed E-state index contributed by atoms with van der Waals surface area (Å²) in [6.07, 6.45) is 0. The third-order valence-corrected chi connectivity index (χ3v) is 4.77. The van der Waals surface area contributed by atoms with E-state index in [1.54, 1.807) is 4.68 Å². The molecule has 0 aliphatic rings. The second kappa shape index (κ2) is 7.59. The zero-order valence-electron chi connectivity index (χ0n) is 12.8. The molecule has 0 fully saturated rings. The molecule has 0 unspecified atom stereocenters. The first kappa shape index (κ1) is 16.7. The monoisotopic (exact) mass is 403 g/mol. The topological polar surface area (TPSA) is 72.7 Å². The van der Waals surface area contributed by atoms with Crippen molar-refractivity contribution in [2.24, 2.45) is 0 Å². The number of carbonyl (C=O) groups is 1. The summed E-state index contributed by atoms with van der Waals surface area (Å²) < 4.78 is 2.58. The third kappa shape index (κ3) is 4.01. The molecule has 2 aromatic carbocycles. The largest absolute Gasteiger partial charge is 0.325 e. The molecule has 0 aliphatic heterocycles. The van der Waals surface area contributed by atoms with Gasteiger partial charge in [0.05, 0.1) is 10.9 Å². The van der Waals surface area contributed by atoms with E-state index in [1.807, 2.05) is 61.5 Å². The highest BCUT2D eigenvalue weighted by Crippen LogP contribution is 2.24. The van der Waals surface area contributed by atoms with E-state index in [2.05, 4.69) is 36.8 Å². The van der Waals surface area contributed by atoms with Crippen LogP contribution in [0.1, 0.15) is 6.92 Å². The van der Waals surface area contributed by atoms with Crippen LogP contribution >= 0.6 is 27.7 Å². The second-order valence-electron chi connectivity index (χ2n) is 4.97. The minimum Gasteiger partial charge on any atom is -0.325 e. The van der Waals surface area contributed by atoms with Gasteiger partial charge in [0.2, 0.25) is 11.1 Å². The van der Waals surface area contributed by atoms with Crippen LogP contribution in [0.2, 0.25) is 0 Å². The Hall–Kier alpha value is -2.19. The normalized spacial score (nSPS) is 11.9. The fourth-order valence-corrected chi connectivity index (χ4v) is 3.04. The Kier molecular flexibility index (Phi) is 5.27. The Bertz CT molecular complexity index is 822. The lowest BCUT2D eigenvalue weighted by Crippen LogP contribution is -2.22. The highest BCUT2D eigenvalue weighted by Gasteiger charge is 2.19. The van der Waals surface area contributed by atoms with Crippen molar-refractivity contribution in [3.63, 3.8) is 0 Å². The van der Waals surface area contributed by atoms with E-state index in [-0.39, 0.29) is 11.2 Å². The van der Waals surface area contributed by atoms with Crippen LogP contribution in [0.3, 0.4) is 0 Å². The van der Waals surface area contributed by atoms with Gasteiger partial charge in [-0.25, -0.2) is 0 Å². The van der Waals surface area contributed by atoms with Gasteiger partial charge in [-0.3, -0.25) is 4.79 Å². The van der Waals surface area contributed by atoms with Crippen LogP contribution in [0, 0.1) is 0 Å². The van der Waals surface area contributed by atoms with Gasteiger partial charge in [-0.2, -0.15) is 4.68 Å². The maximum atomic E-state index is 12.3. The number of tetrazole rings is 1. The van der Waals surface area contributed by atoms with Crippen LogP contribution < -0.4 is 5.32 Å². The first-order chi connectivity index (χ1) is 11.6. The van der Waals surface area contributed by atoms with Crippen molar-refractivity contribution in [1.29, 1.82) is 0 Å². The quantitative estimate of drug-likeness (QED) is 0.659. The maximum absolute atomic E-state index is 12.3. The minimum absolute atomic E-state index is 0.107. The first-order valence-corrected chi connectivity index (χ1v) is 8.87.